The van der Waals surface area contributed by atoms with Crippen LogP contribution in [0.5, 0.6) is 0 Å². The number of hydrogen-bond acceptors (Lipinski definition) is 4. The van der Waals surface area contributed by atoms with Crippen LogP contribution in [0.15, 0.2) is 30.5 Å². The van der Waals surface area contributed by atoms with Gasteiger partial charge in [0, 0.05) is 12.7 Å². The first-order valence-corrected chi connectivity index (χ1v) is 7.66. The van der Waals surface area contributed by atoms with Crippen LogP contribution in [0.4, 0.5) is 4.39 Å². The number of carbonyl (C=O) groups excluding carboxylic acids is 1. The molecule has 3 rings (SSSR count). The van der Waals surface area contributed by atoms with Crippen molar-refractivity contribution in [2.45, 2.75) is 32.4 Å². The molecule has 1 aromatic carbocycles. The lowest BCUT2D eigenvalue weighted by molar-refractivity contribution is 0.0998. The first kappa shape index (κ1) is 15.6. The lowest BCUT2D eigenvalue weighted by atomic mass is 10.1. The van der Waals surface area contributed by atoms with Crippen LogP contribution in [-0.4, -0.2) is 27.3 Å². The van der Waals surface area contributed by atoms with E-state index in [0.717, 1.165) is 31.5 Å². The lowest BCUT2D eigenvalue weighted by Crippen LogP contribution is -2.25. The molecule has 6 heteroatoms. The van der Waals surface area contributed by atoms with Crippen molar-refractivity contribution in [3.8, 4) is 0 Å². The van der Waals surface area contributed by atoms with Gasteiger partial charge in [-0.05, 0) is 44.0 Å². The standard InChI is InChI=1S/C17H19FN4O/c1-11-14(16(19)23)9-20-17(21-11)15-3-2-8-22(15)10-12-4-6-13(18)7-5-12/h4-7,9,15H,2-3,8,10H2,1H3,(H2,19,23). The Hall–Kier alpha value is -2.34. The highest BCUT2D eigenvalue weighted by Crippen LogP contribution is 2.31. The first-order valence-electron chi connectivity index (χ1n) is 7.66. The number of primary amides is 1. The maximum Gasteiger partial charge on any atom is 0.252 e. The van der Waals surface area contributed by atoms with Crippen LogP contribution < -0.4 is 5.73 Å². The number of aryl methyl sites for hydroxylation is 1. The van der Waals surface area contributed by atoms with Crippen molar-refractivity contribution < 1.29 is 9.18 Å². The number of amides is 1. The summed E-state index contributed by atoms with van der Waals surface area (Å²) in [5.74, 6) is -0.0246. The average molecular weight is 314 g/mol. The van der Waals surface area contributed by atoms with E-state index in [2.05, 4.69) is 14.9 Å². The van der Waals surface area contributed by atoms with Gasteiger partial charge >= 0.3 is 0 Å². The number of carbonyl (C=O) groups is 1. The molecule has 23 heavy (non-hydrogen) atoms. The number of hydrogen-bond donors (Lipinski definition) is 1. The molecule has 120 valence electrons. The van der Waals surface area contributed by atoms with E-state index in [1.165, 1.54) is 18.3 Å². The largest absolute Gasteiger partial charge is 0.365 e. The molecule has 1 saturated heterocycles. The minimum Gasteiger partial charge on any atom is -0.365 e. The zero-order valence-electron chi connectivity index (χ0n) is 13.0. The molecule has 1 aromatic heterocycles. The van der Waals surface area contributed by atoms with Crippen LogP contribution in [-0.2, 0) is 6.54 Å². The van der Waals surface area contributed by atoms with E-state index in [1.54, 1.807) is 19.1 Å². The lowest BCUT2D eigenvalue weighted by Gasteiger charge is -2.23. The first-order chi connectivity index (χ1) is 11.0. The number of nitrogens with zero attached hydrogens (tertiary/aromatic N) is 3. The second kappa shape index (κ2) is 6.42. The van der Waals surface area contributed by atoms with E-state index in [0.29, 0.717) is 17.1 Å². The molecule has 2 heterocycles. The Labute approximate surface area is 134 Å². The maximum absolute atomic E-state index is 13.0. The second-order valence-corrected chi connectivity index (χ2v) is 5.85. The summed E-state index contributed by atoms with van der Waals surface area (Å²) in [6.07, 6.45) is 3.54. The Kier molecular flexibility index (Phi) is 4.34. The molecule has 2 aromatic rings. The molecule has 1 unspecified atom stereocenters. The minimum atomic E-state index is -0.511. The molecular weight excluding hydrogens is 295 g/mol. The molecule has 0 bridgehead atoms. The Morgan fingerprint density at radius 3 is 2.78 bits per heavy atom. The van der Waals surface area contributed by atoms with Gasteiger partial charge < -0.3 is 5.73 Å². The van der Waals surface area contributed by atoms with E-state index in [-0.39, 0.29) is 11.9 Å². The molecule has 1 amide bonds. The normalized spacial score (nSPS) is 18.3. The fourth-order valence-electron chi connectivity index (χ4n) is 3.02. The fourth-order valence-corrected chi connectivity index (χ4v) is 3.02. The second-order valence-electron chi connectivity index (χ2n) is 5.85. The molecule has 1 fully saturated rings. The van der Waals surface area contributed by atoms with Gasteiger partial charge in [0.15, 0.2) is 0 Å². The Bertz CT molecular complexity index is 717. The molecule has 0 radical (unpaired) electrons. The molecule has 0 spiro atoms. The quantitative estimate of drug-likeness (QED) is 0.940. The predicted octanol–water partition coefficient (Wildman–Crippen LogP) is 2.36. The van der Waals surface area contributed by atoms with E-state index < -0.39 is 5.91 Å². The van der Waals surface area contributed by atoms with E-state index in [4.69, 9.17) is 5.73 Å². The number of nitrogens with two attached hydrogens (primary N) is 1. The molecule has 1 aliphatic rings. The van der Waals surface area contributed by atoms with Crippen molar-refractivity contribution in [3.63, 3.8) is 0 Å². The summed E-state index contributed by atoms with van der Waals surface area (Å²) < 4.78 is 13.0. The van der Waals surface area contributed by atoms with E-state index in [9.17, 15) is 9.18 Å². The van der Waals surface area contributed by atoms with Gasteiger partial charge in [-0.25, -0.2) is 14.4 Å². The summed E-state index contributed by atoms with van der Waals surface area (Å²) in [7, 11) is 0. The fraction of sp³-hybridized carbons (Fsp3) is 0.353. The topological polar surface area (TPSA) is 72.1 Å². The number of aromatic nitrogens is 2. The van der Waals surface area contributed by atoms with Crippen LogP contribution in [0, 0.1) is 12.7 Å². The average Bonchev–Trinajstić information content (AvgIpc) is 2.97. The van der Waals surface area contributed by atoms with Crippen LogP contribution in [0.1, 0.15) is 46.3 Å². The Morgan fingerprint density at radius 2 is 2.13 bits per heavy atom. The summed E-state index contributed by atoms with van der Waals surface area (Å²) in [6.45, 7) is 3.44. The van der Waals surface area contributed by atoms with Crippen molar-refractivity contribution in [3.05, 3.63) is 58.9 Å². The number of likely N-dealkylation sites (tertiary alicyclic amines) is 1. The van der Waals surface area contributed by atoms with Crippen LogP contribution in [0.2, 0.25) is 0 Å². The van der Waals surface area contributed by atoms with Crippen LogP contribution in [0.25, 0.3) is 0 Å². The van der Waals surface area contributed by atoms with Crippen molar-refractivity contribution >= 4 is 5.91 Å². The molecular formula is C17H19FN4O. The van der Waals surface area contributed by atoms with Gasteiger partial charge in [-0.2, -0.15) is 0 Å². The maximum atomic E-state index is 13.0. The highest BCUT2D eigenvalue weighted by molar-refractivity contribution is 5.93. The van der Waals surface area contributed by atoms with Crippen LogP contribution in [0.3, 0.4) is 0 Å². The van der Waals surface area contributed by atoms with Crippen molar-refractivity contribution in [2.24, 2.45) is 5.73 Å². The SMILES string of the molecule is Cc1nc(C2CCCN2Cc2ccc(F)cc2)ncc1C(N)=O. The molecule has 0 aliphatic carbocycles. The van der Waals surface area contributed by atoms with Gasteiger partial charge in [-0.15, -0.1) is 0 Å². The molecule has 0 saturated carbocycles. The van der Waals surface area contributed by atoms with Gasteiger partial charge in [0.2, 0.25) is 0 Å². The highest BCUT2D eigenvalue weighted by Gasteiger charge is 2.28. The zero-order chi connectivity index (χ0) is 16.4. The smallest absolute Gasteiger partial charge is 0.252 e. The van der Waals surface area contributed by atoms with Gasteiger partial charge in [-0.1, -0.05) is 12.1 Å². The summed E-state index contributed by atoms with van der Waals surface area (Å²) in [6, 6.07) is 6.66. The third kappa shape index (κ3) is 3.37. The van der Waals surface area contributed by atoms with Crippen molar-refractivity contribution in [1.82, 2.24) is 14.9 Å². The zero-order valence-corrected chi connectivity index (χ0v) is 13.0. The van der Waals surface area contributed by atoms with Gasteiger partial charge in [0.05, 0.1) is 17.3 Å². The predicted molar refractivity (Wildman–Crippen MR) is 84.1 cm³/mol. The van der Waals surface area contributed by atoms with Gasteiger partial charge in [0.25, 0.3) is 5.91 Å². The highest BCUT2D eigenvalue weighted by atomic mass is 19.1. The number of halogens is 1. The van der Waals surface area contributed by atoms with Crippen molar-refractivity contribution in [1.29, 1.82) is 0 Å². The summed E-state index contributed by atoms with van der Waals surface area (Å²) in [5.41, 5.74) is 7.32. The van der Waals surface area contributed by atoms with Gasteiger partial charge in [-0.3, -0.25) is 9.69 Å². The monoisotopic (exact) mass is 314 g/mol. The number of benzene rings is 1. The third-order valence-electron chi connectivity index (χ3n) is 4.22. The molecule has 1 aliphatic heterocycles. The Balaban J connectivity index is 1.80. The van der Waals surface area contributed by atoms with E-state index >= 15 is 0 Å². The number of rotatable bonds is 4. The van der Waals surface area contributed by atoms with Crippen molar-refractivity contribution in [2.75, 3.05) is 6.54 Å². The summed E-state index contributed by atoms with van der Waals surface area (Å²) in [4.78, 5) is 22.4. The summed E-state index contributed by atoms with van der Waals surface area (Å²) >= 11 is 0. The third-order valence-corrected chi connectivity index (χ3v) is 4.22. The Morgan fingerprint density at radius 1 is 1.39 bits per heavy atom. The molecule has 1 atom stereocenters. The van der Waals surface area contributed by atoms with Gasteiger partial charge in [0.1, 0.15) is 11.6 Å². The summed E-state index contributed by atoms with van der Waals surface area (Å²) in [5, 5.41) is 0. The minimum absolute atomic E-state index is 0.112. The van der Waals surface area contributed by atoms with E-state index in [1.807, 2.05) is 0 Å². The molecule has 2 N–H and O–H groups in total. The van der Waals surface area contributed by atoms with Crippen LogP contribution >= 0.6 is 0 Å². The molecule has 5 nitrogen and oxygen atoms in total.